The van der Waals surface area contributed by atoms with E-state index in [2.05, 4.69) is 0 Å². The minimum atomic E-state index is -0.893. The van der Waals surface area contributed by atoms with Crippen LogP contribution >= 0.6 is 0 Å². The fourth-order valence-corrected chi connectivity index (χ4v) is 1.68. The summed E-state index contributed by atoms with van der Waals surface area (Å²) in [5.41, 5.74) is -0.893. The molecule has 2 fully saturated rings. The van der Waals surface area contributed by atoms with Crippen molar-refractivity contribution in [1.29, 1.82) is 0 Å². The molecule has 2 aliphatic rings. The standard InChI is InChI=1S/C8H10O4/c1-2-11-6(9)8-3-5(8)4-12-7(8)10/h5H,2-4H2,1H3/t5-,8-/m0/s1. The summed E-state index contributed by atoms with van der Waals surface area (Å²) in [6, 6.07) is 0. The van der Waals surface area contributed by atoms with E-state index in [1.54, 1.807) is 6.92 Å². The Morgan fingerprint density at radius 2 is 2.58 bits per heavy atom. The van der Waals surface area contributed by atoms with Gasteiger partial charge >= 0.3 is 11.9 Å². The Labute approximate surface area is 69.8 Å². The van der Waals surface area contributed by atoms with Crippen molar-refractivity contribution in [2.75, 3.05) is 13.2 Å². The summed E-state index contributed by atoms with van der Waals surface area (Å²) in [7, 11) is 0. The first-order valence-electron chi connectivity index (χ1n) is 4.06. The zero-order valence-corrected chi connectivity index (χ0v) is 6.83. The molecule has 1 heterocycles. The van der Waals surface area contributed by atoms with Gasteiger partial charge in [-0.25, -0.2) is 0 Å². The van der Waals surface area contributed by atoms with E-state index < -0.39 is 17.4 Å². The zero-order valence-electron chi connectivity index (χ0n) is 6.83. The van der Waals surface area contributed by atoms with Gasteiger partial charge in [-0.1, -0.05) is 0 Å². The first kappa shape index (κ1) is 7.58. The molecule has 0 aromatic heterocycles. The molecule has 0 aromatic rings. The van der Waals surface area contributed by atoms with Crippen LogP contribution < -0.4 is 0 Å². The van der Waals surface area contributed by atoms with Crippen LogP contribution in [0.4, 0.5) is 0 Å². The molecule has 0 aromatic carbocycles. The molecule has 0 unspecified atom stereocenters. The van der Waals surface area contributed by atoms with E-state index in [0.29, 0.717) is 19.6 Å². The fourth-order valence-electron chi connectivity index (χ4n) is 1.68. The highest BCUT2D eigenvalue weighted by atomic mass is 16.6. The van der Waals surface area contributed by atoms with Crippen LogP contribution in [0, 0.1) is 11.3 Å². The molecular formula is C8H10O4. The lowest BCUT2D eigenvalue weighted by molar-refractivity contribution is -0.159. The van der Waals surface area contributed by atoms with Crippen molar-refractivity contribution in [1.82, 2.24) is 0 Å². The largest absolute Gasteiger partial charge is 0.465 e. The zero-order chi connectivity index (χ0) is 8.77. The summed E-state index contributed by atoms with van der Waals surface area (Å²) in [6.07, 6.45) is 0.616. The maximum Gasteiger partial charge on any atom is 0.323 e. The highest BCUT2D eigenvalue weighted by Gasteiger charge is 2.72. The Morgan fingerprint density at radius 3 is 3.00 bits per heavy atom. The Kier molecular flexibility index (Phi) is 1.40. The second kappa shape index (κ2) is 2.21. The number of cyclic esters (lactones) is 1. The van der Waals surface area contributed by atoms with E-state index in [1.807, 2.05) is 0 Å². The van der Waals surface area contributed by atoms with Crippen LogP contribution in [-0.4, -0.2) is 25.2 Å². The molecule has 66 valence electrons. The van der Waals surface area contributed by atoms with Crippen LogP contribution in [0.1, 0.15) is 13.3 Å². The predicted molar refractivity (Wildman–Crippen MR) is 38.1 cm³/mol. The summed E-state index contributed by atoms with van der Waals surface area (Å²) < 4.78 is 9.55. The molecule has 0 spiro atoms. The van der Waals surface area contributed by atoms with Crippen LogP contribution in [-0.2, 0) is 19.1 Å². The molecule has 0 bridgehead atoms. The van der Waals surface area contributed by atoms with Crippen molar-refractivity contribution in [3.8, 4) is 0 Å². The Bertz CT molecular complexity index is 247. The normalized spacial score (nSPS) is 37.1. The number of ether oxygens (including phenoxy) is 2. The summed E-state index contributed by atoms with van der Waals surface area (Å²) >= 11 is 0. The molecule has 1 saturated heterocycles. The molecule has 1 saturated carbocycles. The van der Waals surface area contributed by atoms with Crippen molar-refractivity contribution in [2.45, 2.75) is 13.3 Å². The summed E-state index contributed by atoms with van der Waals surface area (Å²) in [5, 5.41) is 0. The van der Waals surface area contributed by atoms with E-state index in [9.17, 15) is 9.59 Å². The van der Waals surface area contributed by atoms with E-state index in [4.69, 9.17) is 9.47 Å². The van der Waals surface area contributed by atoms with Gasteiger partial charge in [0.15, 0.2) is 5.41 Å². The van der Waals surface area contributed by atoms with Gasteiger partial charge in [0.1, 0.15) is 0 Å². The third-order valence-corrected chi connectivity index (χ3v) is 2.52. The van der Waals surface area contributed by atoms with Gasteiger partial charge in [0.2, 0.25) is 0 Å². The number of esters is 2. The molecule has 1 aliphatic heterocycles. The lowest BCUT2D eigenvalue weighted by Gasteiger charge is -2.06. The van der Waals surface area contributed by atoms with Crippen LogP contribution in [0.5, 0.6) is 0 Å². The highest BCUT2D eigenvalue weighted by Crippen LogP contribution is 2.58. The minimum Gasteiger partial charge on any atom is -0.465 e. The Morgan fingerprint density at radius 1 is 1.83 bits per heavy atom. The molecule has 0 amide bonds. The van der Waals surface area contributed by atoms with Crippen molar-refractivity contribution >= 4 is 11.9 Å². The van der Waals surface area contributed by atoms with Gasteiger partial charge in [-0.3, -0.25) is 9.59 Å². The maximum atomic E-state index is 11.3. The molecule has 0 radical (unpaired) electrons. The molecule has 12 heavy (non-hydrogen) atoms. The van der Waals surface area contributed by atoms with Crippen molar-refractivity contribution in [2.24, 2.45) is 11.3 Å². The highest BCUT2D eigenvalue weighted by molar-refractivity contribution is 6.05. The summed E-state index contributed by atoms with van der Waals surface area (Å²) in [5.74, 6) is -0.715. The van der Waals surface area contributed by atoms with Crippen LogP contribution in [0.2, 0.25) is 0 Å². The monoisotopic (exact) mass is 170 g/mol. The topological polar surface area (TPSA) is 52.6 Å². The van der Waals surface area contributed by atoms with E-state index in [-0.39, 0.29) is 5.92 Å². The maximum absolute atomic E-state index is 11.3. The first-order valence-corrected chi connectivity index (χ1v) is 4.06. The second-order valence-electron chi connectivity index (χ2n) is 3.19. The van der Waals surface area contributed by atoms with Gasteiger partial charge < -0.3 is 9.47 Å². The van der Waals surface area contributed by atoms with E-state index in [1.165, 1.54) is 0 Å². The van der Waals surface area contributed by atoms with Gasteiger partial charge in [0.05, 0.1) is 13.2 Å². The number of carbonyl (C=O) groups excluding carboxylic acids is 2. The molecule has 2 rings (SSSR count). The number of hydrogen-bond acceptors (Lipinski definition) is 4. The molecular weight excluding hydrogens is 160 g/mol. The Hall–Kier alpha value is -1.06. The van der Waals surface area contributed by atoms with Gasteiger partial charge in [0.25, 0.3) is 0 Å². The molecule has 4 heteroatoms. The van der Waals surface area contributed by atoms with E-state index >= 15 is 0 Å². The average molecular weight is 170 g/mol. The number of hydrogen-bond donors (Lipinski definition) is 0. The Balaban J connectivity index is 2.13. The fraction of sp³-hybridized carbons (Fsp3) is 0.750. The lowest BCUT2D eigenvalue weighted by Crippen LogP contribution is -2.26. The molecule has 0 N–H and O–H groups in total. The predicted octanol–water partition coefficient (Wildman–Crippen LogP) is 0.113. The van der Waals surface area contributed by atoms with Gasteiger partial charge in [0, 0.05) is 5.92 Å². The average Bonchev–Trinajstić information content (AvgIpc) is 2.69. The van der Waals surface area contributed by atoms with Gasteiger partial charge in [-0.15, -0.1) is 0 Å². The third kappa shape index (κ3) is 0.722. The minimum absolute atomic E-state index is 0.0871. The number of rotatable bonds is 2. The van der Waals surface area contributed by atoms with Crippen molar-refractivity contribution < 1.29 is 19.1 Å². The first-order chi connectivity index (χ1) is 5.71. The second-order valence-corrected chi connectivity index (χ2v) is 3.19. The van der Waals surface area contributed by atoms with Crippen LogP contribution in [0.3, 0.4) is 0 Å². The van der Waals surface area contributed by atoms with Crippen LogP contribution in [0.15, 0.2) is 0 Å². The number of carbonyl (C=O) groups is 2. The van der Waals surface area contributed by atoms with Gasteiger partial charge in [-0.05, 0) is 13.3 Å². The van der Waals surface area contributed by atoms with Crippen molar-refractivity contribution in [3.63, 3.8) is 0 Å². The molecule has 1 aliphatic carbocycles. The quantitative estimate of drug-likeness (QED) is 0.436. The summed E-state index contributed by atoms with van der Waals surface area (Å²) in [4.78, 5) is 22.4. The van der Waals surface area contributed by atoms with Crippen LogP contribution in [0.25, 0.3) is 0 Å². The van der Waals surface area contributed by atoms with Crippen molar-refractivity contribution in [3.05, 3.63) is 0 Å². The SMILES string of the molecule is CCOC(=O)[C@]12C[C@H]1COC2=O. The molecule has 2 atom stereocenters. The smallest absolute Gasteiger partial charge is 0.323 e. The lowest BCUT2D eigenvalue weighted by atomic mass is 10.1. The summed E-state index contributed by atoms with van der Waals surface area (Å²) in [6.45, 7) is 2.43. The molecule has 4 nitrogen and oxygen atoms in total. The van der Waals surface area contributed by atoms with Gasteiger partial charge in [-0.2, -0.15) is 0 Å². The van der Waals surface area contributed by atoms with E-state index in [0.717, 1.165) is 0 Å². The number of fused-ring (bicyclic) bond motifs is 1. The third-order valence-electron chi connectivity index (χ3n) is 2.52.